The van der Waals surface area contributed by atoms with Crippen molar-refractivity contribution in [1.29, 1.82) is 0 Å². The van der Waals surface area contributed by atoms with Crippen LogP contribution in [0.3, 0.4) is 0 Å². The van der Waals surface area contributed by atoms with Gasteiger partial charge in [-0.2, -0.15) is 0 Å². The summed E-state index contributed by atoms with van der Waals surface area (Å²) in [6.07, 6.45) is 6.56. The van der Waals surface area contributed by atoms with Crippen molar-refractivity contribution in [3.05, 3.63) is 76.9 Å². The van der Waals surface area contributed by atoms with E-state index in [0.29, 0.717) is 11.5 Å². The Morgan fingerprint density at radius 3 is 2.80 bits per heavy atom. The number of anilines is 1. The summed E-state index contributed by atoms with van der Waals surface area (Å²) in [5.74, 6) is 0.306. The molecule has 6 heteroatoms. The summed E-state index contributed by atoms with van der Waals surface area (Å²) in [4.78, 5) is 19.1. The van der Waals surface area contributed by atoms with Gasteiger partial charge in [-0.05, 0) is 85.2 Å². The van der Waals surface area contributed by atoms with Gasteiger partial charge in [0.25, 0.3) is 5.91 Å². The van der Waals surface area contributed by atoms with Crippen LogP contribution in [0.25, 0.3) is 22.8 Å². The number of aryl methyl sites for hydroxylation is 1. The number of H-pyrrole nitrogens is 1. The number of carbonyl (C=O) groups excluding carboxylic acids is 1. The third-order valence-corrected chi connectivity index (χ3v) is 7.65. The summed E-state index contributed by atoms with van der Waals surface area (Å²) in [5, 5.41) is 6.41. The zero-order valence-corrected chi connectivity index (χ0v) is 19.9. The number of benzene rings is 2. The van der Waals surface area contributed by atoms with E-state index >= 15 is 0 Å². The molecule has 1 amide bonds. The number of hydrogen-bond donors (Lipinski definition) is 3. The first-order chi connectivity index (χ1) is 17.1. The van der Waals surface area contributed by atoms with Crippen LogP contribution in [0.4, 0.5) is 10.1 Å². The minimum absolute atomic E-state index is 0.120. The van der Waals surface area contributed by atoms with E-state index in [1.807, 2.05) is 30.3 Å². The summed E-state index contributed by atoms with van der Waals surface area (Å²) in [7, 11) is 0. The predicted octanol–water partition coefficient (Wildman–Crippen LogP) is 4.71. The van der Waals surface area contributed by atoms with E-state index in [9.17, 15) is 9.18 Å². The molecule has 35 heavy (non-hydrogen) atoms. The Bertz CT molecular complexity index is 1290. The van der Waals surface area contributed by atoms with Gasteiger partial charge in [0.15, 0.2) is 0 Å². The highest BCUT2D eigenvalue weighted by molar-refractivity contribution is 6.36. The number of nitrogens with zero attached hydrogens (tertiary/aromatic N) is 1. The summed E-state index contributed by atoms with van der Waals surface area (Å²) in [5.41, 5.74) is 7.49. The monoisotopic (exact) mass is 470 g/mol. The van der Waals surface area contributed by atoms with Crippen molar-refractivity contribution in [3.63, 3.8) is 0 Å². The number of nitrogens with one attached hydrogen (secondary N) is 3. The second-order valence-corrected chi connectivity index (χ2v) is 9.97. The average molecular weight is 471 g/mol. The molecule has 3 aliphatic rings. The van der Waals surface area contributed by atoms with E-state index in [1.54, 1.807) is 6.07 Å². The molecule has 0 saturated carbocycles. The molecule has 3 N–H and O–H groups in total. The Hall–Kier alpha value is -3.22. The second-order valence-electron chi connectivity index (χ2n) is 9.97. The number of aromatic nitrogens is 1. The molecule has 2 aromatic carbocycles. The van der Waals surface area contributed by atoms with Gasteiger partial charge in [0.2, 0.25) is 0 Å². The average Bonchev–Trinajstić information content (AvgIpc) is 3.43. The molecule has 0 spiro atoms. The van der Waals surface area contributed by atoms with E-state index in [1.165, 1.54) is 42.8 Å². The minimum Gasteiger partial charge on any atom is -0.359 e. The molecule has 3 aromatic rings. The zero-order chi connectivity index (χ0) is 23.8. The largest absolute Gasteiger partial charge is 0.359 e. The van der Waals surface area contributed by atoms with Gasteiger partial charge in [0.1, 0.15) is 5.82 Å². The van der Waals surface area contributed by atoms with Crippen molar-refractivity contribution >= 4 is 23.2 Å². The molecule has 6 rings (SSSR count). The maximum Gasteiger partial charge on any atom is 0.256 e. The number of amides is 1. The van der Waals surface area contributed by atoms with Crippen LogP contribution in [-0.2, 0) is 17.6 Å². The van der Waals surface area contributed by atoms with Crippen LogP contribution in [0.1, 0.15) is 35.4 Å². The predicted molar refractivity (Wildman–Crippen MR) is 139 cm³/mol. The van der Waals surface area contributed by atoms with Gasteiger partial charge in [-0.1, -0.05) is 24.3 Å². The van der Waals surface area contributed by atoms with E-state index in [-0.39, 0.29) is 11.7 Å². The molecule has 1 aromatic heterocycles. The van der Waals surface area contributed by atoms with Crippen molar-refractivity contribution in [2.24, 2.45) is 5.92 Å². The lowest BCUT2D eigenvalue weighted by molar-refractivity contribution is -0.110. The van der Waals surface area contributed by atoms with Gasteiger partial charge in [-0.25, -0.2) is 4.39 Å². The Labute approximate surface area is 205 Å². The van der Waals surface area contributed by atoms with Crippen LogP contribution < -0.4 is 10.6 Å². The van der Waals surface area contributed by atoms with E-state index in [0.717, 1.165) is 67.1 Å². The molecular formula is C29H31FN4O. The Morgan fingerprint density at radius 1 is 1.09 bits per heavy atom. The third-order valence-electron chi connectivity index (χ3n) is 7.65. The Balaban J connectivity index is 1.24. The van der Waals surface area contributed by atoms with Crippen molar-refractivity contribution < 1.29 is 9.18 Å². The molecule has 1 fully saturated rings. The molecule has 180 valence electrons. The molecule has 0 bridgehead atoms. The van der Waals surface area contributed by atoms with Crippen molar-refractivity contribution in [1.82, 2.24) is 15.2 Å². The fourth-order valence-corrected chi connectivity index (χ4v) is 5.80. The third kappa shape index (κ3) is 4.56. The lowest BCUT2D eigenvalue weighted by atomic mass is 9.85. The SMILES string of the molecule is O=C1Nc2cccc(-c3cccc(F)c3)c2/C1=C/c1cc2c([nH]1)CCC(CCN1CCNCC1)C2. The van der Waals surface area contributed by atoms with E-state index in [2.05, 4.69) is 26.6 Å². The first-order valence-corrected chi connectivity index (χ1v) is 12.7. The first-order valence-electron chi connectivity index (χ1n) is 12.7. The maximum atomic E-state index is 13.9. The van der Waals surface area contributed by atoms with Crippen LogP contribution in [-0.4, -0.2) is 48.5 Å². The summed E-state index contributed by atoms with van der Waals surface area (Å²) >= 11 is 0. The van der Waals surface area contributed by atoms with E-state index < -0.39 is 0 Å². The number of aromatic amines is 1. The standard InChI is InChI=1S/C29H31FN4O/c30-22-4-1-3-20(16-22)24-5-2-6-27-28(24)25(29(35)33-27)18-23-17-21-15-19(7-8-26(21)32-23)9-12-34-13-10-31-11-14-34/h1-6,16-19,31-32H,7-15H2,(H,33,35)/b25-18-. The van der Waals surface area contributed by atoms with Crippen LogP contribution in [0.15, 0.2) is 48.5 Å². The molecule has 2 aliphatic heterocycles. The van der Waals surface area contributed by atoms with Gasteiger partial charge in [-0.15, -0.1) is 0 Å². The first kappa shape index (κ1) is 22.3. The van der Waals surface area contributed by atoms with Gasteiger partial charge in [-0.3, -0.25) is 4.79 Å². The fraction of sp³-hybridized carbons (Fsp3) is 0.345. The van der Waals surface area contributed by atoms with Gasteiger partial charge >= 0.3 is 0 Å². The summed E-state index contributed by atoms with van der Waals surface area (Å²) in [6, 6.07) is 14.5. The lowest BCUT2D eigenvalue weighted by Gasteiger charge is -2.30. The van der Waals surface area contributed by atoms with Crippen molar-refractivity contribution in [2.45, 2.75) is 25.7 Å². The lowest BCUT2D eigenvalue weighted by Crippen LogP contribution is -2.44. The van der Waals surface area contributed by atoms with Gasteiger partial charge in [0, 0.05) is 48.8 Å². The highest BCUT2D eigenvalue weighted by Crippen LogP contribution is 2.41. The summed E-state index contributed by atoms with van der Waals surface area (Å²) in [6.45, 7) is 5.69. The molecule has 0 radical (unpaired) electrons. The molecule has 1 aliphatic carbocycles. The van der Waals surface area contributed by atoms with Crippen molar-refractivity contribution in [2.75, 3.05) is 38.0 Å². The van der Waals surface area contributed by atoms with E-state index in [4.69, 9.17) is 0 Å². The quantitative estimate of drug-likeness (QED) is 0.473. The molecule has 1 unspecified atom stereocenters. The van der Waals surface area contributed by atoms with Crippen LogP contribution in [0, 0.1) is 11.7 Å². The van der Waals surface area contributed by atoms with Crippen LogP contribution in [0.2, 0.25) is 0 Å². The van der Waals surface area contributed by atoms with Gasteiger partial charge in [0.05, 0.1) is 5.57 Å². The number of fused-ring (bicyclic) bond motifs is 2. The Kier molecular flexibility index (Phi) is 6.00. The van der Waals surface area contributed by atoms with Crippen LogP contribution >= 0.6 is 0 Å². The molecule has 1 atom stereocenters. The molecule has 3 heterocycles. The highest BCUT2D eigenvalue weighted by Gasteiger charge is 2.28. The highest BCUT2D eigenvalue weighted by atomic mass is 19.1. The topological polar surface area (TPSA) is 60.2 Å². The number of piperazine rings is 1. The van der Waals surface area contributed by atoms with Crippen molar-refractivity contribution in [3.8, 4) is 11.1 Å². The van der Waals surface area contributed by atoms with Gasteiger partial charge < -0.3 is 20.5 Å². The number of hydrogen-bond acceptors (Lipinski definition) is 3. The summed E-state index contributed by atoms with van der Waals surface area (Å²) < 4.78 is 13.9. The smallest absolute Gasteiger partial charge is 0.256 e. The minimum atomic E-state index is -0.286. The fourth-order valence-electron chi connectivity index (χ4n) is 5.80. The number of carbonyl (C=O) groups is 1. The zero-order valence-electron chi connectivity index (χ0n) is 19.9. The second kappa shape index (κ2) is 9.44. The number of rotatable bonds is 5. The normalized spacial score (nSPS) is 21.1. The maximum absolute atomic E-state index is 13.9. The molecular weight excluding hydrogens is 439 g/mol. The number of halogens is 1. The molecule has 1 saturated heterocycles. The molecule has 5 nitrogen and oxygen atoms in total. The van der Waals surface area contributed by atoms with Crippen LogP contribution in [0.5, 0.6) is 0 Å². The Morgan fingerprint density at radius 2 is 1.94 bits per heavy atom.